The van der Waals surface area contributed by atoms with Crippen molar-refractivity contribution >= 4 is 6.21 Å². The van der Waals surface area contributed by atoms with Crippen LogP contribution in [0.3, 0.4) is 0 Å². The summed E-state index contributed by atoms with van der Waals surface area (Å²) in [5.74, 6) is 0.689. The Balaban J connectivity index is 2.38. The summed E-state index contributed by atoms with van der Waals surface area (Å²) in [6, 6.07) is 9.22. The van der Waals surface area contributed by atoms with E-state index < -0.39 is 6.10 Å². The van der Waals surface area contributed by atoms with Crippen molar-refractivity contribution in [3.63, 3.8) is 0 Å². The Morgan fingerprint density at radius 2 is 1.94 bits per heavy atom. The first-order valence-corrected chi connectivity index (χ1v) is 6.02. The highest BCUT2D eigenvalue weighted by Crippen LogP contribution is 2.09. The molecule has 0 aliphatic carbocycles. The molecule has 4 heteroatoms. The Labute approximate surface area is 108 Å². The second-order valence-corrected chi connectivity index (χ2v) is 5.37. The summed E-state index contributed by atoms with van der Waals surface area (Å²) >= 11 is 0. The van der Waals surface area contributed by atoms with Crippen LogP contribution in [-0.2, 0) is 0 Å². The van der Waals surface area contributed by atoms with E-state index in [-0.39, 0.29) is 18.6 Å². The van der Waals surface area contributed by atoms with Crippen LogP contribution in [0.25, 0.3) is 0 Å². The van der Waals surface area contributed by atoms with Gasteiger partial charge in [-0.05, 0) is 12.1 Å². The van der Waals surface area contributed by atoms with Crippen molar-refractivity contribution in [2.45, 2.75) is 26.9 Å². The largest absolute Gasteiger partial charge is 0.624 e. The van der Waals surface area contributed by atoms with Crippen molar-refractivity contribution in [3.8, 4) is 5.75 Å². The molecule has 0 aliphatic heterocycles. The van der Waals surface area contributed by atoms with Crippen molar-refractivity contribution in [2.75, 3.05) is 13.2 Å². The van der Waals surface area contributed by atoms with E-state index in [1.807, 2.05) is 51.1 Å². The zero-order chi connectivity index (χ0) is 13.6. The topological polar surface area (TPSA) is 55.5 Å². The molecule has 0 saturated carbocycles. The number of ether oxygens (including phenoxy) is 1. The zero-order valence-electron chi connectivity index (χ0n) is 11.2. The SMILES string of the molecule is CC(C)(C)/C=[N+](/[O-])CC(O)COc1ccccc1. The highest BCUT2D eigenvalue weighted by Gasteiger charge is 2.15. The number of benzene rings is 1. The van der Waals surface area contributed by atoms with Gasteiger partial charge in [-0.3, -0.25) is 0 Å². The summed E-state index contributed by atoms with van der Waals surface area (Å²) in [7, 11) is 0. The van der Waals surface area contributed by atoms with Gasteiger partial charge in [0.25, 0.3) is 0 Å². The maximum atomic E-state index is 11.5. The van der Waals surface area contributed by atoms with Gasteiger partial charge in [-0.2, -0.15) is 0 Å². The molecule has 0 bridgehead atoms. The number of aliphatic hydroxyl groups is 1. The van der Waals surface area contributed by atoms with Crippen LogP contribution < -0.4 is 4.74 Å². The summed E-state index contributed by atoms with van der Waals surface area (Å²) in [4.78, 5) is 0. The molecule has 0 amide bonds. The molecule has 0 radical (unpaired) electrons. The van der Waals surface area contributed by atoms with Gasteiger partial charge in [-0.25, -0.2) is 4.74 Å². The number of hydrogen-bond donors (Lipinski definition) is 1. The summed E-state index contributed by atoms with van der Waals surface area (Å²) < 4.78 is 6.13. The zero-order valence-corrected chi connectivity index (χ0v) is 11.2. The minimum atomic E-state index is -0.804. The minimum absolute atomic E-state index is 0.0180. The molecular weight excluding hydrogens is 230 g/mol. The van der Waals surface area contributed by atoms with Gasteiger partial charge in [0.1, 0.15) is 18.5 Å². The van der Waals surface area contributed by atoms with Crippen LogP contribution in [0.5, 0.6) is 5.75 Å². The Morgan fingerprint density at radius 1 is 1.33 bits per heavy atom. The van der Waals surface area contributed by atoms with Crippen molar-refractivity contribution in [1.82, 2.24) is 0 Å². The van der Waals surface area contributed by atoms with Crippen LogP contribution >= 0.6 is 0 Å². The first-order chi connectivity index (χ1) is 8.37. The van der Waals surface area contributed by atoms with E-state index in [1.54, 1.807) is 6.21 Å². The third-order valence-electron chi connectivity index (χ3n) is 2.11. The molecule has 0 spiro atoms. The molecule has 1 aromatic carbocycles. The summed E-state index contributed by atoms with van der Waals surface area (Å²) in [6.07, 6.45) is 0.750. The van der Waals surface area contributed by atoms with Crippen LogP contribution in [-0.4, -0.2) is 35.3 Å². The minimum Gasteiger partial charge on any atom is -0.624 e. The second kappa shape index (κ2) is 6.40. The fourth-order valence-electron chi connectivity index (χ4n) is 1.45. The van der Waals surface area contributed by atoms with Crippen molar-refractivity contribution in [2.24, 2.45) is 5.41 Å². The lowest BCUT2D eigenvalue weighted by Gasteiger charge is -2.15. The molecular formula is C14H21NO3. The summed E-state index contributed by atoms with van der Waals surface area (Å²) in [5, 5.41) is 21.2. The Bertz CT molecular complexity index is 382. The summed E-state index contributed by atoms with van der Waals surface area (Å²) in [6.45, 7) is 5.94. The Morgan fingerprint density at radius 3 is 2.50 bits per heavy atom. The quantitative estimate of drug-likeness (QED) is 0.377. The normalized spacial score (nSPS) is 14.3. The maximum Gasteiger partial charge on any atom is 0.182 e. The predicted octanol–water partition coefficient (Wildman–Crippen LogP) is 2.05. The van der Waals surface area contributed by atoms with Gasteiger partial charge in [0.2, 0.25) is 0 Å². The molecule has 1 atom stereocenters. The van der Waals surface area contributed by atoms with Gasteiger partial charge in [-0.1, -0.05) is 39.0 Å². The van der Waals surface area contributed by atoms with E-state index in [9.17, 15) is 10.3 Å². The van der Waals surface area contributed by atoms with Crippen molar-refractivity contribution in [3.05, 3.63) is 35.5 Å². The third-order valence-corrected chi connectivity index (χ3v) is 2.11. The Kier molecular flexibility index (Phi) is 5.16. The number of hydroxylamine groups is 1. The monoisotopic (exact) mass is 251 g/mol. The lowest BCUT2D eigenvalue weighted by molar-refractivity contribution is -0.468. The fourth-order valence-corrected chi connectivity index (χ4v) is 1.45. The number of nitrogens with zero attached hydrogens (tertiary/aromatic N) is 1. The predicted molar refractivity (Wildman–Crippen MR) is 72.0 cm³/mol. The molecule has 0 heterocycles. The number of hydrogen-bond acceptors (Lipinski definition) is 3. The third kappa shape index (κ3) is 6.25. The number of aliphatic hydroxyl groups excluding tert-OH is 1. The number of para-hydroxylation sites is 1. The lowest BCUT2D eigenvalue weighted by Crippen LogP contribution is -2.29. The van der Waals surface area contributed by atoms with Gasteiger partial charge >= 0.3 is 0 Å². The highest BCUT2D eigenvalue weighted by atomic mass is 16.5. The smallest absolute Gasteiger partial charge is 0.182 e. The molecule has 1 aromatic rings. The lowest BCUT2D eigenvalue weighted by atomic mass is 9.99. The van der Waals surface area contributed by atoms with E-state index >= 15 is 0 Å². The second-order valence-electron chi connectivity index (χ2n) is 5.37. The van der Waals surface area contributed by atoms with Gasteiger partial charge < -0.3 is 15.1 Å². The molecule has 0 fully saturated rings. The average molecular weight is 251 g/mol. The van der Waals surface area contributed by atoms with Crippen LogP contribution in [0.4, 0.5) is 0 Å². The van der Waals surface area contributed by atoms with Gasteiger partial charge in [0, 0.05) is 5.41 Å². The van der Waals surface area contributed by atoms with Crippen LogP contribution in [0, 0.1) is 10.6 Å². The van der Waals surface area contributed by atoms with E-state index in [4.69, 9.17) is 4.74 Å². The molecule has 0 saturated heterocycles. The first-order valence-electron chi connectivity index (χ1n) is 6.02. The van der Waals surface area contributed by atoms with Crippen molar-refractivity contribution < 1.29 is 14.6 Å². The Hall–Kier alpha value is -1.55. The first kappa shape index (κ1) is 14.5. The molecule has 0 aromatic heterocycles. The van der Waals surface area contributed by atoms with Gasteiger partial charge in [0.15, 0.2) is 12.8 Å². The average Bonchev–Trinajstić information content (AvgIpc) is 2.25. The summed E-state index contributed by atoms with van der Waals surface area (Å²) in [5.41, 5.74) is -0.193. The van der Waals surface area contributed by atoms with Gasteiger partial charge in [0.05, 0.1) is 0 Å². The van der Waals surface area contributed by atoms with Crippen molar-refractivity contribution in [1.29, 1.82) is 0 Å². The molecule has 0 aliphatic rings. The van der Waals surface area contributed by atoms with Gasteiger partial charge in [-0.15, -0.1) is 0 Å². The molecule has 1 N–H and O–H groups in total. The van der Waals surface area contributed by atoms with Crippen LogP contribution in [0.1, 0.15) is 20.8 Å². The maximum absolute atomic E-state index is 11.5. The molecule has 4 nitrogen and oxygen atoms in total. The fraction of sp³-hybridized carbons (Fsp3) is 0.500. The molecule has 1 unspecified atom stereocenters. The van der Waals surface area contributed by atoms with E-state index in [0.717, 1.165) is 4.74 Å². The highest BCUT2D eigenvalue weighted by molar-refractivity contribution is 5.58. The number of rotatable bonds is 5. The van der Waals surface area contributed by atoms with E-state index in [2.05, 4.69) is 0 Å². The standard InChI is InChI=1S/C14H21NO3/c1-14(2,3)11-15(17)9-12(16)10-18-13-7-5-4-6-8-13/h4-8,11-12,16H,9-10H2,1-3H3/b15-11+. The van der Waals surface area contributed by atoms with E-state index in [0.29, 0.717) is 5.75 Å². The molecule has 18 heavy (non-hydrogen) atoms. The van der Waals surface area contributed by atoms with E-state index in [1.165, 1.54) is 0 Å². The molecule has 100 valence electrons. The molecule has 1 rings (SSSR count). The van der Waals surface area contributed by atoms with Crippen LogP contribution in [0.2, 0.25) is 0 Å². The van der Waals surface area contributed by atoms with Crippen LogP contribution in [0.15, 0.2) is 30.3 Å².